The Balaban J connectivity index is 1.97. The number of aromatic nitrogens is 1. The van der Waals surface area contributed by atoms with Crippen LogP contribution in [-0.4, -0.2) is 37.1 Å². The van der Waals surface area contributed by atoms with E-state index in [4.69, 9.17) is 12.2 Å². The molecule has 7 nitrogen and oxygen atoms in total. The maximum atomic E-state index is 13.1. The molecule has 0 atom stereocenters. The first-order chi connectivity index (χ1) is 14.7. The lowest BCUT2D eigenvalue weighted by atomic mass is 10.0. The molecule has 9 heteroatoms. The molecule has 0 spiro atoms. The Morgan fingerprint density at radius 2 is 1.94 bits per heavy atom. The molecule has 0 bridgehead atoms. The fourth-order valence-corrected chi connectivity index (χ4v) is 4.55. The summed E-state index contributed by atoms with van der Waals surface area (Å²) in [6.07, 6.45) is 1.69. The monoisotopic (exact) mass is 453 g/mol. The smallest absolute Gasteiger partial charge is 0.271 e. The van der Waals surface area contributed by atoms with Crippen LogP contribution in [0.3, 0.4) is 0 Å². The van der Waals surface area contributed by atoms with E-state index < -0.39 is 35.7 Å². The van der Waals surface area contributed by atoms with Gasteiger partial charge in [-0.1, -0.05) is 54.3 Å². The van der Waals surface area contributed by atoms with E-state index in [1.165, 1.54) is 6.92 Å². The zero-order chi connectivity index (χ0) is 22.9. The van der Waals surface area contributed by atoms with Gasteiger partial charge in [0, 0.05) is 6.04 Å². The number of carbonyl (C=O) groups is 2. The molecule has 1 N–H and O–H groups in total. The van der Waals surface area contributed by atoms with Crippen LogP contribution in [0.1, 0.15) is 46.9 Å². The average Bonchev–Trinajstić information content (AvgIpc) is 2.96. The summed E-state index contributed by atoms with van der Waals surface area (Å²) in [7, 11) is 0. The molecule has 1 aliphatic heterocycles. The summed E-state index contributed by atoms with van der Waals surface area (Å²) >= 11 is 6.37. The molecule has 0 unspecified atom stereocenters. The van der Waals surface area contributed by atoms with Gasteiger partial charge < -0.3 is 5.11 Å². The van der Waals surface area contributed by atoms with Crippen LogP contribution >= 0.6 is 24.0 Å². The van der Waals surface area contributed by atoms with Gasteiger partial charge in [-0.2, -0.15) is 5.26 Å². The number of carbonyl (C=O) groups excluding carboxylic acids is 2. The van der Waals surface area contributed by atoms with E-state index >= 15 is 0 Å². The number of aromatic hydroxyl groups is 1. The summed E-state index contributed by atoms with van der Waals surface area (Å²) in [5.41, 5.74) is -0.140. The number of nitriles is 1. The molecule has 1 aromatic heterocycles. The first kappa shape index (κ1) is 22.5. The van der Waals surface area contributed by atoms with E-state index in [2.05, 4.69) is 0 Å². The molecular formula is C22H19N3O4S2. The van der Waals surface area contributed by atoms with Gasteiger partial charge in [0.05, 0.1) is 17.0 Å². The molecular weight excluding hydrogens is 434 g/mol. The summed E-state index contributed by atoms with van der Waals surface area (Å²) in [5, 5.41) is 20.0. The number of thioether (sulfide) groups is 1. The number of hydrogen-bond donors (Lipinski definition) is 1. The third-order valence-electron chi connectivity index (χ3n) is 4.81. The Morgan fingerprint density at radius 3 is 2.52 bits per heavy atom. The molecule has 1 fully saturated rings. The van der Waals surface area contributed by atoms with Gasteiger partial charge in [-0.15, -0.1) is 0 Å². The Morgan fingerprint density at radius 1 is 1.29 bits per heavy atom. The van der Waals surface area contributed by atoms with Gasteiger partial charge in [0.25, 0.3) is 11.5 Å². The number of Topliss-reactive ketones (excluding diaryl/α,β-unsaturated/α-hetero) is 1. The number of ketones is 1. The van der Waals surface area contributed by atoms with Crippen LogP contribution in [0.15, 0.2) is 40.0 Å². The third-order valence-corrected chi connectivity index (χ3v) is 6.19. The van der Waals surface area contributed by atoms with Gasteiger partial charge in [0.2, 0.25) is 5.88 Å². The zero-order valence-electron chi connectivity index (χ0n) is 17.1. The van der Waals surface area contributed by atoms with Crippen LogP contribution < -0.4 is 5.56 Å². The molecule has 31 heavy (non-hydrogen) atoms. The molecule has 158 valence electrons. The fourth-order valence-electron chi connectivity index (χ4n) is 3.29. The number of nitrogens with zero attached hydrogens (tertiary/aromatic N) is 3. The van der Waals surface area contributed by atoms with E-state index in [1.807, 2.05) is 36.4 Å². The van der Waals surface area contributed by atoms with Crippen molar-refractivity contribution in [2.45, 2.75) is 26.8 Å². The quantitative estimate of drug-likeness (QED) is 0.420. The summed E-state index contributed by atoms with van der Waals surface area (Å²) in [6, 6.07) is 10.6. The molecule has 2 heterocycles. The Labute approximate surface area is 188 Å². The molecule has 0 saturated carbocycles. The number of pyridine rings is 1. The first-order valence-corrected chi connectivity index (χ1v) is 10.6. The summed E-state index contributed by atoms with van der Waals surface area (Å²) in [4.78, 5) is 40.0. The number of rotatable bonds is 5. The van der Waals surface area contributed by atoms with Crippen molar-refractivity contribution in [3.63, 3.8) is 0 Å². The van der Waals surface area contributed by atoms with Crippen LogP contribution in [0.25, 0.3) is 6.08 Å². The second kappa shape index (κ2) is 8.88. The van der Waals surface area contributed by atoms with Crippen LogP contribution in [-0.2, 0) is 4.79 Å². The fraction of sp³-hybridized carbons (Fsp3) is 0.227. The topological polar surface area (TPSA) is 103 Å². The second-order valence-corrected chi connectivity index (χ2v) is 8.86. The average molecular weight is 454 g/mol. The number of amides is 1. The molecule has 0 aliphatic carbocycles. The van der Waals surface area contributed by atoms with Crippen molar-refractivity contribution in [3.8, 4) is 11.9 Å². The molecule has 1 aromatic carbocycles. The van der Waals surface area contributed by atoms with Crippen LogP contribution in [0, 0.1) is 18.3 Å². The molecule has 3 rings (SSSR count). The minimum Gasteiger partial charge on any atom is -0.494 e. The van der Waals surface area contributed by atoms with Crippen molar-refractivity contribution in [1.29, 1.82) is 5.26 Å². The lowest BCUT2D eigenvalue weighted by molar-refractivity contribution is -0.121. The van der Waals surface area contributed by atoms with E-state index in [0.717, 1.165) is 26.8 Å². The minimum absolute atomic E-state index is 0.0807. The highest BCUT2D eigenvalue weighted by molar-refractivity contribution is 8.26. The molecule has 1 saturated heterocycles. The van der Waals surface area contributed by atoms with Gasteiger partial charge in [-0.05, 0) is 38.0 Å². The predicted octanol–water partition coefficient (Wildman–Crippen LogP) is 3.40. The van der Waals surface area contributed by atoms with Gasteiger partial charge in [0.1, 0.15) is 16.0 Å². The van der Waals surface area contributed by atoms with Crippen molar-refractivity contribution in [2.24, 2.45) is 0 Å². The Bertz CT molecular complexity index is 1220. The molecule has 1 amide bonds. The number of benzene rings is 1. The van der Waals surface area contributed by atoms with Gasteiger partial charge in [-0.25, -0.2) is 0 Å². The number of hydrogen-bond acceptors (Lipinski definition) is 7. The van der Waals surface area contributed by atoms with Crippen LogP contribution in [0.4, 0.5) is 0 Å². The van der Waals surface area contributed by atoms with Crippen LogP contribution in [0.2, 0.25) is 0 Å². The maximum Gasteiger partial charge on any atom is 0.271 e. The summed E-state index contributed by atoms with van der Waals surface area (Å²) < 4.78 is 1.22. The highest BCUT2D eigenvalue weighted by Crippen LogP contribution is 2.33. The van der Waals surface area contributed by atoms with Crippen molar-refractivity contribution in [3.05, 3.63) is 67.8 Å². The Kier molecular flexibility index (Phi) is 6.43. The highest BCUT2D eigenvalue weighted by atomic mass is 32.2. The van der Waals surface area contributed by atoms with Gasteiger partial charge >= 0.3 is 0 Å². The standard InChI is InChI=1S/C22H19N3O4S2/c1-12(2)25-19(27)15(10-23)13(3)18(21(25)29)16(26)11-24-20(28)17(31-22(24)30)9-14-7-5-4-6-8-14/h4-9,12,29H,11H2,1-3H3/b17-9-. The Hall–Kier alpha value is -3.22. The van der Waals surface area contributed by atoms with Gasteiger partial charge in [-0.3, -0.25) is 23.9 Å². The summed E-state index contributed by atoms with van der Waals surface area (Å²) in [5.74, 6) is -1.55. The van der Waals surface area contributed by atoms with Crippen molar-refractivity contribution < 1.29 is 14.7 Å². The normalized spacial score (nSPS) is 15.1. The predicted molar refractivity (Wildman–Crippen MR) is 123 cm³/mol. The van der Waals surface area contributed by atoms with E-state index in [9.17, 15) is 24.8 Å². The molecule has 2 aromatic rings. The van der Waals surface area contributed by atoms with Crippen molar-refractivity contribution in [1.82, 2.24) is 9.47 Å². The maximum absolute atomic E-state index is 13.1. The number of thiocarbonyl (C=S) groups is 1. The molecule has 1 aliphatic rings. The molecule has 0 radical (unpaired) electrons. The highest BCUT2D eigenvalue weighted by Gasteiger charge is 2.35. The van der Waals surface area contributed by atoms with E-state index in [1.54, 1.807) is 19.9 Å². The third kappa shape index (κ3) is 4.17. The SMILES string of the molecule is Cc1c(C(=O)CN2C(=O)/C(=C/c3ccccc3)SC2=S)c(O)n(C(C)C)c(=O)c1C#N. The van der Waals surface area contributed by atoms with Gasteiger partial charge in [0.15, 0.2) is 5.78 Å². The van der Waals surface area contributed by atoms with Crippen molar-refractivity contribution >= 4 is 46.1 Å². The summed E-state index contributed by atoms with van der Waals surface area (Å²) in [6.45, 7) is 4.33. The second-order valence-electron chi connectivity index (χ2n) is 7.18. The van der Waals surface area contributed by atoms with E-state index in [-0.39, 0.29) is 21.0 Å². The van der Waals surface area contributed by atoms with Crippen molar-refractivity contribution in [2.75, 3.05) is 6.54 Å². The lowest BCUT2D eigenvalue weighted by Crippen LogP contribution is -2.35. The largest absolute Gasteiger partial charge is 0.494 e. The minimum atomic E-state index is -0.666. The van der Waals surface area contributed by atoms with Crippen LogP contribution in [0.5, 0.6) is 5.88 Å². The van der Waals surface area contributed by atoms with E-state index in [0.29, 0.717) is 4.91 Å². The lowest BCUT2D eigenvalue weighted by Gasteiger charge is -2.19. The zero-order valence-corrected chi connectivity index (χ0v) is 18.7. The first-order valence-electron chi connectivity index (χ1n) is 9.39.